The Morgan fingerprint density at radius 3 is 2.57 bits per heavy atom. The third kappa shape index (κ3) is 1.07. The monoisotopic (exact) mass is 356 g/mol. The summed E-state index contributed by atoms with van der Waals surface area (Å²) in [5.41, 5.74) is 0. The third-order valence-corrected chi connectivity index (χ3v) is 11.5. The van der Waals surface area contributed by atoms with Crippen molar-refractivity contribution in [1.82, 2.24) is 0 Å². The summed E-state index contributed by atoms with van der Waals surface area (Å²) in [4.78, 5) is 9.94. The molecule has 0 aromatic carbocycles. The zero-order valence-corrected chi connectivity index (χ0v) is 8.69. The molecule has 0 aliphatic carbocycles. The molecule has 7 heavy (non-hydrogen) atoms. The maximum absolute atomic E-state index is 9.94. The van der Waals surface area contributed by atoms with Crippen molar-refractivity contribution >= 4 is 40.0 Å². The van der Waals surface area contributed by atoms with Crippen LogP contribution in [0.25, 0.3) is 0 Å². The molecule has 1 heterocycles. The summed E-state index contributed by atoms with van der Waals surface area (Å²) >= 11 is 1.66. The molecule has 0 N–H and O–H groups in total. The summed E-state index contributed by atoms with van der Waals surface area (Å²) in [7, 11) is 0. The Morgan fingerprint density at radius 1 is 1.86 bits per heavy atom. The molecule has 36 valence electrons. The van der Waals surface area contributed by atoms with Gasteiger partial charge in [-0.15, -0.1) is 0 Å². The molecule has 0 aromatic heterocycles. The second-order valence-corrected chi connectivity index (χ2v) is 14.1. The number of carbonyl (C=O) groups excluding carboxylic acids is 1. The number of allylic oxidation sites excluding steroid dienone is 2. The van der Waals surface area contributed by atoms with Crippen molar-refractivity contribution in [2.45, 2.75) is 0 Å². The molecule has 0 saturated heterocycles. The molecule has 1 aliphatic rings. The second kappa shape index (κ2) is 2.30. The van der Waals surface area contributed by atoms with Crippen LogP contribution in [0.15, 0.2) is 9.36 Å². The summed E-state index contributed by atoms with van der Waals surface area (Å²) in [5, 5.41) is 0. The molecule has 1 nitrogen and oxygen atoms in total. The molecule has 3 heteroatoms. The van der Waals surface area contributed by atoms with Crippen LogP contribution in [-0.4, -0.2) is 40.0 Å². The van der Waals surface area contributed by atoms with Crippen LogP contribution in [-0.2, 0) is 4.79 Å². The third-order valence-electron chi connectivity index (χ3n) is 0.756. The van der Waals surface area contributed by atoms with Gasteiger partial charge in [0.25, 0.3) is 0 Å². The molecule has 0 atom stereocenters. The Morgan fingerprint density at radius 2 is 2.57 bits per heavy atom. The van der Waals surface area contributed by atoms with Gasteiger partial charge in [0.1, 0.15) is 0 Å². The van der Waals surface area contributed by atoms with Crippen LogP contribution in [0.1, 0.15) is 0 Å². The summed E-state index contributed by atoms with van der Waals surface area (Å²) in [6.07, 6.45) is 2.87. The predicted molar refractivity (Wildman–Crippen MR) is 31.7 cm³/mol. The molecule has 0 aromatic rings. The van der Waals surface area contributed by atoms with Gasteiger partial charge in [0.2, 0.25) is 0 Å². The molecule has 0 radical (unpaired) electrons. The molecule has 0 amide bonds. The standard InChI is InChI=1S/C4H3O.Bi.Se/c1-2-3-4-5;;/h1-2,4H;;. The van der Waals surface area contributed by atoms with Gasteiger partial charge in [-0.2, -0.15) is 0 Å². The first-order chi connectivity index (χ1) is 3.34. The first kappa shape index (κ1) is 5.81. The fourth-order valence-electron chi connectivity index (χ4n) is 0.313. The van der Waals surface area contributed by atoms with E-state index in [2.05, 4.69) is 15.4 Å². The van der Waals surface area contributed by atoms with Gasteiger partial charge in [-0.05, 0) is 0 Å². The van der Waals surface area contributed by atoms with Gasteiger partial charge < -0.3 is 0 Å². The van der Waals surface area contributed by atoms with E-state index < -0.39 is 18.3 Å². The van der Waals surface area contributed by atoms with Crippen LogP contribution in [0.2, 0.25) is 0 Å². The van der Waals surface area contributed by atoms with E-state index >= 15 is 0 Å². The fourth-order valence-corrected chi connectivity index (χ4v) is 5.47. The molecule has 1 aliphatic heterocycles. The Kier molecular flexibility index (Phi) is 1.91. The predicted octanol–water partition coefficient (Wildman–Crippen LogP) is -0.792. The van der Waals surface area contributed by atoms with E-state index in [1.165, 1.54) is 0 Å². The molecule has 0 unspecified atom stereocenters. The molecule has 0 fully saturated rings. The van der Waals surface area contributed by atoms with Crippen LogP contribution >= 0.6 is 0 Å². The first-order valence-corrected chi connectivity index (χ1v) is 13.7. The Balaban J connectivity index is 2.83. The molecule has 0 bridgehead atoms. The second-order valence-electron chi connectivity index (χ2n) is 1.18. The number of rotatable bonds is 1. The van der Waals surface area contributed by atoms with E-state index in [9.17, 15) is 4.79 Å². The van der Waals surface area contributed by atoms with Crippen LogP contribution in [0, 0.1) is 0 Å². The van der Waals surface area contributed by atoms with Gasteiger partial charge in [0.15, 0.2) is 0 Å². The maximum atomic E-state index is 9.94. The summed E-state index contributed by atoms with van der Waals surface area (Å²) in [5.74, 6) is 0. The van der Waals surface area contributed by atoms with Gasteiger partial charge in [-0.1, -0.05) is 0 Å². The van der Waals surface area contributed by atoms with E-state index in [0.717, 1.165) is 9.57 Å². The minimum absolute atomic E-state index is 0.967. The SMILES string of the molecule is O=C[C]1=C[CH]=[Bi]1=[Se]. The van der Waals surface area contributed by atoms with Crippen molar-refractivity contribution in [2.75, 3.05) is 0 Å². The average Bonchev–Trinajstić information content (AvgIpc) is 1.65. The Hall–Kier alpha value is 0.683. The Labute approximate surface area is 53.9 Å². The summed E-state index contributed by atoms with van der Waals surface area (Å²) in [6.45, 7) is 0. The first-order valence-electron chi connectivity index (χ1n) is 1.81. The molecule has 0 spiro atoms. The molecule has 0 saturated carbocycles. The normalized spacial score (nSPS) is 16.6. The van der Waals surface area contributed by atoms with Gasteiger partial charge in [-0.3, -0.25) is 0 Å². The van der Waals surface area contributed by atoms with Gasteiger partial charge in [0, 0.05) is 0 Å². The quantitative estimate of drug-likeness (QED) is 0.445. The number of aldehydes is 1. The Bertz CT molecular complexity index is 198. The fraction of sp³-hybridized carbons (Fsp3) is 0. The van der Waals surface area contributed by atoms with Crippen LogP contribution in [0.5, 0.6) is 0 Å². The summed E-state index contributed by atoms with van der Waals surface area (Å²) in [6, 6.07) is 0. The van der Waals surface area contributed by atoms with Crippen molar-refractivity contribution in [3.63, 3.8) is 0 Å². The zero-order chi connectivity index (χ0) is 5.28. The van der Waals surface area contributed by atoms with Crippen LogP contribution < -0.4 is 0 Å². The van der Waals surface area contributed by atoms with E-state index in [-0.39, 0.29) is 0 Å². The van der Waals surface area contributed by atoms with Crippen molar-refractivity contribution in [2.24, 2.45) is 0 Å². The van der Waals surface area contributed by atoms with Crippen molar-refractivity contribution in [3.05, 3.63) is 9.36 Å². The zero-order valence-electron chi connectivity index (χ0n) is 3.50. The number of hydrogen-bond acceptors (Lipinski definition) is 1. The summed E-state index contributed by atoms with van der Waals surface area (Å²) < 4.78 is 3.22. The van der Waals surface area contributed by atoms with Crippen LogP contribution in [0.3, 0.4) is 0 Å². The van der Waals surface area contributed by atoms with E-state index in [1.807, 2.05) is 6.08 Å². The number of hydrogen-bond donors (Lipinski definition) is 0. The van der Waals surface area contributed by atoms with E-state index in [0.29, 0.717) is 0 Å². The minimum atomic E-state index is -1.37. The van der Waals surface area contributed by atoms with Crippen molar-refractivity contribution in [3.8, 4) is 0 Å². The average molecular weight is 355 g/mol. The topological polar surface area (TPSA) is 17.1 Å². The van der Waals surface area contributed by atoms with Crippen molar-refractivity contribution < 1.29 is 4.79 Å². The molecular weight excluding hydrogens is 352 g/mol. The molecular formula is C4H3BiOSe. The molecule has 1 rings (SSSR count). The van der Waals surface area contributed by atoms with Crippen molar-refractivity contribution in [1.29, 1.82) is 0 Å². The van der Waals surface area contributed by atoms with Gasteiger partial charge >= 0.3 is 54.1 Å². The van der Waals surface area contributed by atoms with Crippen LogP contribution in [0.4, 0.5) is 0 Å². The van der Waals surface area contributed by atoms with E-state index in [4.69, 9.17) is 0 Å². The van der Waals surface area contributed by atoms with E-state index in [1.54, 1.807) is 0 Å². The van der Waals surface area contributed by atoms with Gasteiger partial charge in [-0.25, -0.2) is 0 Å². The number of carbonyl (C=O) groups is 1. The van der Waals surface area contributed by atoms with Gasteiger partial charge in [0.05, 0.1) is 0 Å².